The van der Waals surface area contributed by atoms with Crippen molar-refractivity contribution in [3.05, 3.63) is 92.2 Å². The summed E-state index contributed by atoms with van der Waals surface area (Å²) in [6.45, 7) is 1.18. The smallest absolute Gasteiger partial charge is 0.290 e. The SMILES string of the molecule is CN(C)CCN1C(=O)c2oc3c(ccc4ccccc43)c(=O)c2C1c1ccc(Br)cc1. The highest BCUT2D eigenvalue weighted by Crippen LogP contribution is 2.39. The summed E-state index contributed by atoms with van der Waals surface area (Å²) in [5, 5.41) is 2.30. The summed E-state index contributed by atoms with van der Waals surface area (Å²) in [6, 6.07) is 18.8. The van der Waals surface area contributed by atoms with Gasteiger partial charge in [-0.05, 0) is 43.2 Å². The normalized spacial score (nSPS) is 15.9. The first kappa shape index (κ1) is 20.0. The summed E-state index contributed by atoms with van der Waals surface area (Å²) in [7, 11) is 3.93. The predicted octanol–water partition coefficient (Wildman–Crippen LogP) is 4.82. The number of hydrogen-bond acceptors (Lipinski definition) is 4. The maximum Gasteiger partial charge on any atom is 0.290 e. The van der Waals surface area contributed by atoms with Crippen molar-refractivity contribution in [3.63, 3.8) is 0 Å². The Bertz CT molecular complexity index is 1380. The fourth-order valence-corrected chi connectivity index (χ4v) is 4.54. The van der Waals surface area contributed by atoms with Crippen molar-refractivity contribution in [2.45, 2.75) is 6.04 Å². The number of rotatable bonds is 4. The van der Waals surface area contributed by atoms with Gasteiger partial charge in [0.25, 0.3) is 5.91 Å². The van der Waals surface area contributed by atoms with Crippen molar-refractivity contribution in [3.8, 4) is 0 Å². The molecule has 3 aromatic carbocycles. The second-order valence-corrected chi connectivity index (χ2v) is 9.01. The molecule has 0 saturated carbocycles. The van der Waals surface area contributed by atoms with Gasteiger partial charge < -0.3 is 14.2 Å². The fourth-order valence-electron chi connectivity index (χ4n) is 4.28. The number of amides is 1. The molecule has 0 fully saturated rings. The monoisotopic (exact) mass is 476 g/mol. The van der Waals surface area contributed by atoms with Gasteiger partial charge in [0.15, 0.2) is 5.43 Å². The van der Waals surface area contributed by atoms with Gasteiger partial charge in [-0.1, -0.05) is 58.4 Å². The Morgan fingerprint density at radius 3 is 2.45 bits per heavy atom. The minimum atomic E-state index is -0.470. The zero-order valence-corrected chi connectivity index (χ0v) is 18.8. The molecule has 4 aromatic rings. The van der Waals surface area contributed by atoms with Crippen LogP contribution in [0.25, 0.3) is 21.7 Å². The summed E-state index contributed by atoms with van der Waals surface area (Å²) in [4.78, 5) is 30.9. The van der Waals surface area contributed by atoms with Gasteiger partial charge in [0.2, 0.25) is 5.76 Å². The number of likely N-dealkylation sites (N-methyl/N-ethyl adjacent to an activating group) is 1. The first-order valence-electron chi connectivity index (χ1n) is 10.2. The van der Waals surface area contributed by atoms with Crippen LogP contribution in [0.4, 0.5) is 0 Å². The number of hydrogen-bond donors (Lipinski definition) is 0. The lowest BCUT2D eigenvalue weighted by molar-refractivity contribution is 0.0716. The molecule has 1 unspecified atom stereocenters. The zero-order chi connectivity index (χ0) is 21.7. The van der Waals surface area contributed by atoms with Crippen LogP contribution in [0, 0.1) is 0 Å². The molecule has 0 saturated heterocycles. The third-order valence-electron chi connectivity index (χ3n) is 5.83. The van der Waals surface area contributed by atoms with Gasteiger partial charge in [0.05, 0.1) is 17.0 Å². The Balaban J connectivity index is 1.77. The van der Waals surface area contributed by atoms with Gasteiger partial charge in [-0.2, -0.15) is 0 Å². The Kier molecular flexibility index (Phi) is 4.91. The molecular weight excluding hydrogens is 456 g/mol. The van der Waals surface area contributed by atoms with Crippen molar-refractivity contribution < 1.29 is 9.21 Å². The number of nitrogens with zero attached hydrogens (tertiary/aromatic N) is 2. The second kappa shape index (κ2) is 7.62. The van der Waals surface area contributed by atoms with Crippen molar-refractivity contribution in [1.82, 2.24) is 9.80 Å². The van der Waals surface area contributed by atoms with E-state index in [4.69, 9.17) is 4.42 Å². The van der Waals surface area contributed by atoms with Crippen LogP contribution in [0.5, 0.6) is 0 Å². The number of benzene rings is 3. The molecular formula is C25H21BrN2O3. The van der Waals surface area contributed by atoms with Gasteiger partial charge in [-0.15, -0.1) is 0 Å². The highest BCUT2D eigenvalue weighted by atomic mass is 79.9. The predicted molar refractivity (Wildman–Crippen MR) is 126 cm³/mol. The van der Waals surface area contributed by atoms with Crippen LogP contribution in [0.3, 0.4) is 0 Å². The molecule has 1 aromatic heterocycles. The number of carbonyl (C=O) groups excluding carboxylic acids is 1. The van der Waals surface area contributed by atoms with E-state index in [-0.39, 0.29) is 17.1 Å². The Morgan fingerprint density at radius 1 is 0.968 bits per heavy atom. The molecule has 1 aliphatic heterocycles. The van der Waals surface area contributed by atoms with E-state index >= 15 is 0 Å². The molecule has 0 bridgehead atoms. The molecule has 1 amide bonds. The summed E-state index contributed by atoms with van der Waals surface area (Å²) in [5.74, 6) is -0.0859. The van der Waals surface area contributed by atoms with Crippen LogP contribution in [0.1, 0.15) is 27.7 Å². The lowest BCUT2D eigenvalue weighted by atomic mass is 9.97. The van der Waals surface area contributed by atoms with E-state index in [2.05, 4.69) is 15.9 Å². The van der Waals surface area contributed by atoms with E-state index in [0.717, 1.165) is 20.8 Å². The third-order valence-corrected chi connectivity index (χ3v) is 6.36. The van der Waals surface area contributed by atoms with E-state index in [0.29, 0.717) is 29.6 Å². The van der Waals surface area contributed by atoms with Gasteiger partial charge in [0.1, 0.15) is 5.58 Å². The van der Waals surface area contributed by atoms with E-state index in [9.17, 15) is 9.59 Å². The molecule has 5 nitrogen and oxygen atoms in total. The maximum absolute atomic E-state index is 13.7. The van der Waals surface area contributed by atoms with Gasteiger partial charge in [-0.3, -0.25) is 9.59 Å². The largest absolute Gasteiger partial charge is 0.450 e. The Hall–Kier alpha value is -2.96. The fraction of sp³-hybridized carbons (Fsp3) is 0.200. The van der Waals surface area contributed by atoms with Crippen molar-refractivity contribution in [2.75, 3.05) is 27.2 Å². The van der Waals surface area contributed by atoms with Crippen LogP contribution in [0.2, 0.25) is 0 Å². The molecule has 0 N–H and O–H groups in total. The van der Waals surface area contributed by atoms with Crippen molar-refractivity contribution >= 4 is 43.6 Å². The van der Waals surface area contributed by atoms with Crippen molar-refractivity contribution in [2.24, 2.45) is 0 Å². The highest BCUT2D eigenvalue weighted by Gasteiger charge is 2.42. The lowest BCUT2D eigenvalue weighted by Gasteiger charge is -2.26. The molecule has 0 aliphatic carbocycles. The average Bonchev–Trinajstić information content (AvgIpc) is 3.05. The van der Waals surface area contributed by atoms with E-state index in [1.165, 1.54) is 0 Å². The molecule has 156 valence electrons. The average molecular weight is 477 g/mol. The quantitative estimate of drug-likeness (QED) is 0.396. The summed E-state index contributed by atoms with van der Waals surface area (Å²) in [6.07, 6.45) is 0. The molecule has 5 rings (SSSR count). The number of halogens is 1. The summed E-state index contributed by atoms with van der Waals surface area (Å²) < 4.78 is 7.15. The van der Waals surface area contributed by atoms with Gasteiger partial charge in [-0.25, -0.2) is 0 Å². The Labute approximate surface area is 188 Å². The number of fused-ring (bicyclic) bond motifs is 4. The lowest BCUT2D eigenvalue weighted by Crippen LogP contribution is -2.35. The zero-order valence-electron chi connectivity index (χ0n) is 17.3. The van der Waals surface area contributed by atoms with E-state index in [1.807, 2.05) is 73.6 Å². The summed E-state index contributed by atoms with van der Waals surface area (Å²) >= 11 is 3.47. The molecule has 31 heavy (non-hydrogen) atoms. The van der Waals surface area contributed by atoms with Crippen LogP contribution in [0.15, 0.2) is 74.3 Å². The van der Waals surface area contributed by atoms with E-state index < -0.39 is 6.04 Å². The molecule has 1 aliphatic rings. The van der Waals surface area contributed by atoms with Crippen molar-refractivity contribution in [1.29, 1.82) is 0 Å². The molecule has 6 heteroatoms. The van der Waals surface area contributed by atoms with E-state index in [1.54, 1.807) is 11.0 Å². The maximum atomic E-state index is 13.7. The first-order chi connectivity index (χ1) is 15.0. The third kappa shape index (κ3) is 3.27. The van der Waals surface area contributed by atoms with Gasteiger partial charge in [0, 0.05) is 22.9 Å². The molecule has 2 heterocycles. The highest BCUT2D eigenvalue weighted by molar-refractivity contribution is 9.10. The van der Waals surface area contributed by atoms with Crippen LogP contribution >= 0.6 is 15.9 Å². The van der Waals surface area contributed by atoms with Gasteiger partial charge >= 0.3 is 0 Å². The summed E-state index contributed by atoms with van der Waals surface area (Å²) in [5.41, 5.74) is 1.64. The first-order valence-corrected chi connectivity index (χ1v) is 10.9. The minimum Gasteiger partial charge on any atom is -0.450 e. The van der Waals surface area contributed by atoms with Crippen LogP contribution in [-0.2, 0) is 0 Å². The molecule has 1 atom stereocenters. The second-order valence-electron chi connectivity index (χ2n) is 8.09. The van der Waals surface area contributed by atoms with Crippen LogP contribution < -0.4 is 5.43 Å². The Morgan fingerprint density at radius 2 is 1.71 bits per heavy atom. The van der Waals surface area contributed by atoms with Crippen LogP contribution in [-0.4, -0.2) is 42.9 Å². The topological polar surface area (TPSA) is 53.8 Å². The molecule has 0 radical (unpaired) electrons. The minimum absolute atomic E-state index is 0.143. The standard InChI is InChI=1S/C25H21BrN2O3/c1-27(2)13-14-28-21(16-7-10-17(26)11-8-16)20-22(29)19-12-9-15-5-3-4-6-18(15)23(19)31-24(20)25(28)30/h3-12,21H,13-14H2,1-2H3. The molecule has 0 spiro atoms. The number of carbonyl (C=O) groups is 1.